The van der Waals surface area contributed by atoms with Gasteiger partial charge in [0.25, 0.3) is 0 Å². The van der Waals surface area contributed by atoms with E-state index >= 15 is 0 Å². The lowest BCUT2D eigenvalue weighted by molar-refractivity contribution is 0.0758. The second-order valence-corrected chi connectivity index (χ2v) is 6.83. The molecule has 1 fully saturated rings. The Labute approximate surface area is 140 Å². The van der Waals surface area contributed by atoms with Crippen molar-refractivity contribution in [2.24, 2.45) is 0 Å². The van der Waals surface area contributed by atoms with Crippen LogP contribution in [-0.4, -0.2) is 42.4 Å². The first kappa shape index (κ1) is 15.7. The van der Waals surface area contributed by atoms with Crippen LogP contribution in [-0.2, 0) is 12.8 Å². The van der Waals surface area contributed by atoms with Crippen molar-refractivity contribution < 1.29 is 14.3 Å². The van der Waals surface area contributed by atoms with E-state index in [4.69, 9.17) is 9.15 Å². The Balaban J connectivity index is 1.47. The van der Waals surface area contributed by atoms with Gasteiger partial charge < -0.3 is 19.2 Å². The Hall–Kier alpha value is -1.85. The van der Waals surface area contributed by atoms with Crippen LogP contribution in [0.3, 0.4) is 0 Å². The van der Waals surface area contributed by atoms with E-state index in [-0.39, 0.29) is 12.2 Å². The van der Waals surface area contributed by atoms with Crippen molar-refractivity contribution in [1.29, 1.82) is 0 Å². The number of aryl methyl sites for hydroxylation is 1. The van der Waals surface area contributed by atoms with Crippen LogP contribution in [0.15, 0.2) is 27.4 Å². The van der Waals surface area contributed by atoms with Gasteiger partial charge in [0.2, 0.25) is 0 Å². The highest BCUT2D eigenvalue weighted by molar-refractivity contribution is 5.83. The molecule has 2 heterocycles. The lowest BCUT2D eigenvalue weighted by atomic mass is 10.1. The fourth-order valence-electron chi connectivity index (χ4n) is 3.86. The van der Waals surface area contributed by atoms with Crippen LogP contribution < -0.4 is 10.4 Å². The van der Waals surface area contributed by atoms with E-state index < -0.39 is 6.10 Å². The molecule has 2 aromatic rings. The molecule has 24 heavy (non-hydrogen) atoms. The number of hydrogen-bond acceptors (Lipinski definition) is 5. The summed E-state index contributed by atoms with van der Waals surface area (Å²) in [6.07, 6.45) is 4.68. The molecule has 128 valence electrons. The van der Waals surface area contributed by atoms with Crippen LogP contribution in [0.2, 0.25) is 0 Å². The van der Waals surface area contributed by atoms with Crippen molar-refractivity contribution >= 4 is 11.0 Å². The number of ether oxygens (including phenoxy) is 1. The molecule has 2 aliphatic rings. The molecule has 1 aliphatic carbocycles. The summed E-state index contributed by atoms with van der Waals surface area (Å²) in [7, 11) is 0. The molecule has 0 spiro atoms. The Bertz CT molecular complexity index is 792. The Morgan fingerprint density at radius 3 is 2.79 bits per heavy atom. The minimum absolute atomic E-state index is 0.221. The lowest BCUT2D eigenvalue weighted by Gasteiger charge is -2.19. The molecule has 1 atom stereocenters. The van der Waals surface area contributed by atoms with Crippen LogP contribution in [0.4, 0.5) is 0 Å². The maximum atomic E-state index is 12.0. The van der Waals surface area contributed by atoms with E-state index in [9.17, 15) is 9.90 Å². The summed E-state index contributed by atoms with van der Waals surface area (Å²) in [6, 6.07) is 5.62. The fraction of sp³-hybridized carbons (Fsp3) is 0.526. The molecular formula is C19H23NO4. The second kappa shape index (κ2) is 6.57. The molecule has 5 heteroatoms. The van der Waals surface area contributed by atoms with E-state index in [1.54, 1.807) is 6.07 Å². The van der Waals surface area contributed by atoms with Gasteiger partial charge in [-0.05, 0) is 62.9 Å². The van der Waals surface area contributed by atoms with E-state index in [1.807, 2.05) is 12.1 Å². The van der Waals surface area contributed by atoms with Crippen LogP contribution in [0.1, 0.15) is 30.4 Å². The van der Waals surface area contributed by atoms with Gasteiger partial charge in [-0.3, -0.25) is 0 Å². The van der Waals surface area contributed by atoms with Crippen molar-refractivity contribution in [3.05, 3.63) is 39.7 Å². The van der Waals surface area contributed by atoms with Crippen LogP contribution in [0, 0.1) is 0 Å². The molecular weight excluding hydrogens is 306 g/mol. The van der Waals surface area contributed by atoms with Crippen LogP contribution >= 0.6 is 0 Å². The average molecular weight is 329 g/mol. The van der Waals surface area contributed by atoms with Gasteiger partial charge in [-0.25, -0.2) is 4.79 Å². The molecule has 1 N–H and O–H groups in total. The smallest absolute Gasteiger partial charge is 0.339 e. The number of aliphatic hydroxyl groups is 1. The number of hydrogen-bond donors (Lipinski definition) is 1. The van der Waals surface area contributed by atoms with E-state index in [0.29, 0.717) is 17.9 Å². The molecule has 0 unspecified atom stereocenters. The van der Waals surface area contributed by atoms with Gasteiger partial charge in [-0.2, -0.15) is 0 Å². The zero-order valence-corrected chi connectivity index (χ0v) is 13.8. The number of nitrogens with zero attached hydrogens (tertiary/aromatic N) is 1. The van der Waals surface area contributed by atoms with E-state index in [0.717, 1.165) is 48.9 Å². The molecule has 0 radical (unpaired) electrons. The van der Waals surface area contributed by atoms with Crippen molar-refractivity contribution in [3.8, 4) is 5.75 Å². The molecule has 1 aromatic carbocycles. The monoisotopic (exact) mass is 329 g/mol. The summed E-state index contributed by atoms with van der Waals surface area (Å²) >= 11 is 0. The summed E-state index contributed by atoms with van der Waals surface area (Å²) < 4.78 is 11.2. The molecule has 1 aromatic heterocycles. The number of aliphatic hydroxyl groups excluding tert-OH is 1. The molecule has 0 amide bonds. The molecule has 1 saturated heterocycles. The number of fused-ring (bicyclic) bond motifs is 3. The largest absolute Gasteiger partial charge is 0.491 e. The Morgan fingerprint density at radius 1 is 1.17 bits per heavy atom. The highest BCUT2D eigenvalue weighted by atomic mass is 16.5. The first-order valence-corrected chi connectivity index (χ1v) is 8.82. The Morgan fingerprint density at radius 2 is 1.96 bits per heavy atom. The number of rotatable bonds is 5. The standard InChI is InChI=1S/C19H23NO4/c21-13(11-20-8-1-2-9-20)12-23-14-6-7-16-15-4-3-5-17(15)19(22)24-18(16)10-14/h6-7,10,13,21H,1-5,8-9,11-12H2/t13-/m0/s1. The van der Waals surface area contributed by atoms with Gasteiger partial charge in [-0.1, -0.05) is 0 Å². The summed E-state index contributed by atoms with van der Waals surface area (Å²) in [4.78, 5) is 14.3. The summed E-state index contributed by atoms with van der Waals surface area (Å²) in [5.41, 5.74) is 2.31. The normalized spacial score (nSPS) is 18.9. The fourth-order valence-corrected chi connectivity index (χ4v) is 3.86. The zero-order valence-electron chi connectivity index (χ0n) is 13.8. The second-order valence-electron chi connectivity index (χ2n) is 6.83. The summed E-state index contributed by atoms with van der Waals surface area (Å²) in [6.45, 7) is 3.01. The van der Waals surface area contributed by atoms with Crippen LogP contribution in [0.5, 0.6) is 5.75 Å². The van der Waals surface area contributed by atoms with Crippen molar-refractivity contribution in [1.82, 2.24) is 4.90 Å². The first-order chi connectivity index (χ1) is 11.7. The van der Waals surface area contributed by atoms with Gasteiger partial charge in [0.1, 0.15) is 24.0 Å². The molecule has 5 nitrogen and oxygen atoms in total. The maximum Gasteiger partial charge on any atom is 0.339 e. The third-order valence-corrected chi connectivity index (χ3v) is 5.06. The molecule has 0 bridgehead atoms. The molecule has 1 aliphatic heterocycles. The minimum atomic E-state index is -0.508. The number of likely N-dealkylation sites (tertiary alicyclic amines) is 1. The lowest BCUT2D eigenvalue weighted by Crippen LogP contribution is -2.33. The van der Waals surface area contributed by atoms with Crippen LogP contribution in [0.25, 0.3) is 11.0 Å². The van der Waals surface area contributed by atoms with Gasteiger partial charge in [0.15, 0.2) is 0 Å². The zero-order chi connectivity index (χ0) is 16.5. The quantitative estimate of drug-likeness (QED) is 0.851. The maximum absolute atomic E-state index is 12.0. The van der Waals surface area contributed by atoms with E-state index in [1.165, 1.54) is 12.8 Å². The van der Waals surface area contributed by atoms with Crippen molar-refractivity contribution in [3.63, 3.8) is 0 Å². The number of benzene rings is 1. The predicted octanol–water partition coefficient (Wildman–Crippen LogP) is 2.12. The molecule has 0 saturated carbocycles. The third-order valence-electron chi connectivity index (χ3n) is 5.06. The van der Waals surface area contributed by atoms with Crippen molar-refractivity contribution in [2.75, 3.05) is 26.2 Å². The molecule has 4 rings (SSSR count). The van der Waals surface area contributed by atoms with Gasteiger partial charge in [0, 0.05) is 23.6 Å². The van der Waals surface area contributed by atoms with Crippen molar-refractivity contribution in [2.45, 2.75) is 38.2 Å². The SMILES string of the molecule is O=c1oc2cc(OC[C@@H](O)CN3CCCC3)ccc2c2c1CCC2. The predicted molar refractivity (Wildman–Crippen MR) is 91.7 cm³/mol. The third kappa shape index (κ3) is 3.06. The van der Waals surface area contributed by atoms with Gasteiger partial charge in [-0.15, -0.1) is 0 Å². The van der Waals surface area contributed by atoms with Gasteiger partial charge in [0.05, 0.1) is 0 Å². The van der Waals surface area contributed by atoms with Gasteiger partial charge >= 0.3 is 5.63 Å². The Kier molecular flexibility index (Phi) is 4.29. The minimum Gasteiger partial charge on any atom is -0.491 e. The summed E-state index contributed by atoms with van der Waals surface area (Å²) in [5, 5.41) is 11.1. The average Bonchev–Trinajstić information content (AvgIpc) is 3.24. The summed E-state index contributed by atoms with van der Waals surface area (Å²) in [5.74, 6) is 0.629. The highest BCUT2D eigenvalue weighted by Gasteiger charge is 2.20. The highest BCUT2D eigenvalue weighted by Crippen LogP contribution is 2.29. The number of β-amino-alcohol motifs (C(OH)–C–C–N with tert-alkyl or cyclic N) is 1. The topological polar surface area (TPSA) is 62.9 Å². The van der Waals surface area contributed by atoms with E-state index in [2.05, 4.69) is 4.90 Å². The first-order valence-electron chi connectivity index (χ1n) is 8.82.